The number of hydrogen-bond acceptors (Lipinski definition) is 4. The first kappa shape index (κ1) is 26.1. The average Bonchev–Trinajstić information content (AvgIpc) is 2.83. The average molecular weight is 481 g/mol. The van der Waals surface area contributed by atoms with E-state index in [1.807, 2.05) is 13.8 Å². The molecular formula is C28H33FN2O4. The molecule has 3 rings (SSSR count). The highest BCUT2D eigenvalue weighted by Gasteiger charge is 2.24. The fraction of sp³-hybridized carbons (Fsp3) is 0.393. The van der Waals surface area contributed by atoms with Crippen LogP contribution in [0.15, 0.2) is 64.0 Å². The van der Waals surface area contributed by atoms with E-state index in [2.05, 4.69) is 13.8 Å². The fourth-order valence-electron chi connectivity index (χ4n) is 3.78. The smallest absolute Gasteiger partial charge is 0.242 e. The number of amides is 2. The lowest BCUT2D eigenvalue weighted by Gasteiger charge is -2.29. The third kappa shape index (κ3) is 7.01. The number of benzene rings is 2. The Kier molecular flexibility index (Phi) is 8.79. The molecule has 2 amide bonds. The van der Waals surface area contributed by atoms with Crippen LogP contribution in [0.3, 0.4) is 0 Å². The lowest BCUT2D eigenvalue weighted by molar-refractivity contribution is -0.143. The monoisotopic (exact) mass is 480 g/mol. The van der Waals surface area contributed by atoms with Crippen molar-refractivity contribution in [3.8, 4) is 0 Å². The quantitative estimate of drug-likeness (QED) is 0.410. The molecule has 0 saturated heterocycles. The maximum atomic E-state index is 13.5. The van der Waals surface area contributed by atoms with E-state index in [-0.39, 0.29) is 48.6 Å². The van der Waals surface area contributed by atoms with E-state index >= 15 is 0 Å². The minimum Gasteiger partial charge on any atom is -0.464 e. The largest absolute Gasteiger partial charge is 0.464 e. The molecule has 0 spiro atoms. The van der Waals surface area contributed by atoms with E-state index in [1.165, 1.54) is 23.3 Å². The van der Waals surface area contributed by atoms with Crippen molar-refractivity contribution in [2.24, 2.45) is 11.8 Å². The van der Waals surface area contributed by atoms with Crippen LogP contribution < -0.4 is 5.43 Å². The first-order chi connectivity index (χ1) is 16.7. The van der Waals surface area contributed by atoms with E-state index < -0.39 is 0 Å². The van der Waals surface area contributed by atoms with Gasteiger partial charge in [-0.2, -0.15) is 0 Å². The Morgan fingerprint density at radius 3 is 2.29 bits per heavy atom. The second-order valence-corrected chi connectivity index (χ2v) is 9.56. The van der Waals surface area contributed by atoms with Crippen molar-refractivity contribution in [3.05, 3.63) is 82.0 Å². The van der Waals surface area contributed by atoms with Crippen molar-refractivity contribution in [2.75, 3.05) is 13.1 Å². The molecule has 0 N–H and O–H groups in total. The molecule has 0 aliphatic rings. The molecule has 0 radical (unpaired) electrons. The Morgan fingerprint density at radius 1 is 0.943 bits per heavy atom. The molecule has 1 aromatic heterocycles. The van der Waals surface area contributed by atoms with E-state index in [0.717, 1.165) is 6.42 Å². The summed E-state index contributed by atoms with van der Waals surface area (Å²) in [5.41, 5.74) is 1.32. The summed E-state index contributed by atoms with van der Waals surface area (Å²) < 4.78 is 19.1. The summed E-state index contributed by atoms with van der Waals surface area (Å²) in [4.78, 5) is 42.5. The molecule has 35 heavy (non-hydrogen) atoms. The number of nitrogens with zero attached hydrogens (tertiary/aromatic N) is 2. The number of fused-ring (bicyclic) bond motifs is 1. The predicted molar refractivity (Wildman–Crippen MR) is 134 cm³/mol. The van der Waals surface area contributed by atoms with Crippen LogP contribution in [0.4, 0.5) is 4.39 Å². The van der Waals surface area contributed by atoms with Gasteiger partial charge in [-0.3, -0.25) is 14.4 Å². The van der Waals surface area contributed by atoms with Gasteiger partial charge in [0.2, 0.25) is 11.8 Å². The zero-order valence-electron chi connectivity index (χ0n) is 20.8. The highest BCUT2D eigenvalue weighted by Crippen LogP contribution is 2.15. The SMILES string of the molecule is CC(C)CCN(CC(=O)N(Cc1ccc(F)cc1)Cc1coc2ccccc2c1=O)C(=O)C(C)C. The molecule has 186 valence electrons. The lowest BCUT2D eigenvalue weighted by Crippen LogP contribution is -2.44. The highest BCUT2D eigenvalue weighted by molar-refractivity contribution is 5.85. The molecule has 0 fully saturated rings. The molecule has 1 heterocycles. The van der Waals surface area contributed by atoms with Gasteiger partial charge in [0.25, 0.3) is 0 Å². The van der Waals surface area contributed by atoms with Gasteiger partial charge in [-0.15, -0.1) is 0 Å². The molecular weight excluding hydrogens is 447 g/mol. The van der Waals surface area contributed by atoms with E-state index in [1.54, 1.807) is 41.3 Å². The Labute approximate surface area is 205 Å². The van der Waals surface area contributed by atoms with Gasteiger partial charge in [0.05, 0.1) is 30.3 Å². The van der Waals surface area contributed by atoms with Crippen LogP contribution in [0, 0.1) is 17.7 Å². The third-order valence-electron chi connectivity index (χ3n) is 5.86. The van der Waals surface area contributed by atoms with Crippen LogP contribution in [0.5, 0.6) is 0 Å². The summed E-state index contributed by atoms with van der Waals surface area (Å²) in [5, 5.41) is 0.438. The maximum absolute atomic E-state index is 13.5. The van der Waals surface area contributed by atoms with Gasteiger partial charge in [0, 0.05) is 19.0 Å². The topological polar surface area (TPSA) is 70.8 Å². The molecule has 6 nitrogen and oxygen atoms in total. The standard InChI is InChI=1S/C28H33FN2O4/c1-19(2)13-14-30(28(34)20(3)4)17-26(32)31(15-21-9-11-23(29)12-10-21)16-22-18-35-25-8-6-5-7-24(25)27(22)33/h5-12,18-20H,13-17H2,1-4H3. The molecule has 0 aliphatic heterocycles. The second kappa shape index (κ2) is 11.8. The molecule has 0 aliphatic carbocycles. The summed E-state index contributed by atoms with van der Waals surface area (Å²) in [6, 6.07) is 12.8. The number of halogens is 1. The lowest BCUT2D eigenvalue weighted by atomic mass is 10.1. The van der Waals surface area contributed by atoms with Crippen LogP contribution in [0.2, 0.25) is 0 Å². The summed E-state index contributed by atoms with van der Waals surface area (Å²) in [6.45, 7) is 8.32. The third-order valence-corrected chi connectivity index (χ3v) is 5.86. The molecule has 0 atom stereocenters. The van der Waals surface area contributed by atoms with Crippen LogP contribution in [0.25, 0.3) is 11.0 Å². The minimum atomic E-state index is -0.371. The zero-order valence-corrected chi connectivity index (χ0v) is 20.8. The highest BCUT2D eigenvalue weighted by atomic mass is 19.1. The normalized spacial score (nSPS) is 11.3. The first-order valence-electron chi connectivity index (χ1n) is 12.0. The van der Waals surface area contributed by atoms with Gasteiger partial charge >= 0.3 is 0 Å². The molecule has 0 saturated carbocycles. The van der Waals surface area contributed by atoms with E-state index in [9.17, 15) is 18.8 Å². The van der Waals surface area contributed by atoms with E-state index in [0.29, 0.717) is 34.6 Å². The van der Waals surface area contributed by atoms with Crippen LogP contribution in [-0.2, 0) is 22.7 Å². The summed E-state index contributed by atoms with van der Waals surface area (Å²) in [7, 11) is 0. The fourth-order valence-corrected chi connectivity index (χ4v) is 3.78. The van der Waals surface area contributed by atoms with Gasteiger partial charge in [-0.1, -0.05) is 52.0 Å². The first-order valence-corrected chi connectivity index (χ1v) is 12.0. The van der Waals surface area contributed by atoms with Gasteiger partial charge < -0.3 is 14.2 Å². The molecule has 3 aromatic rings. The second-order valence-electron chi connectivity index (χ2n) is 9.56. The Balaban J connectivity index is 1.90. The van der Waals surface area contributed by atoms with Gasteiger partial charge in [-0.25, -0.2) is 4.39 Å². The number of carbonyl (C=O) groups excluding carboxylic acids is 2. The van der Waals surface area contributed by atoms with Crippen molar-refractivity contribution >= 4 is 22.8 Å². The predicted octanol–water partition coefficient (Wildman–Crippen LogP) is 4.99. The van der Waals surface area contributed by atoms with Crippen molar-refractivity contribution in [2.45, 2.75) is 47.2 Å². The van der Waals surface area contributed by atoms with Gasteiger partial charge in [-0.05, 0) is 42.2 Å². The van der Waals surface area contributed by atoms with Crippen molar-refractivity contribution in [1.29, 1.82) is 0 Å². The van der Waals surface area contributed by atoms with E-state index in [4.69, 9.17) is 4.42 Å². The van der Waals surface area contributed by atoms with Crippen LogP contribution in [-0.4, -0.2) is 34.7 Å². The van der Waals surface area contributed by atoms with Gasteiger partial charge in [0.15, 0.2) is 5.43 Å². The Bertz CT molecular complexity index is 1220. The number of rotatable bonds is 10. The zero-order chi connectivity index (χ0) is 25.5. The number of para-hydroxylation sites is 1. The Morgan fingerprint density at radius 2 is 1.63 bits per heavy atom. The van der Waals surface area contributed by atoms with Crippen LogP contribution >= 0.6 is 0 Å². The summed E-state index contributed by atoms with van der Waals surface area (Å²) >= 11 is 0. The van der Waals surface area contributed by atoms with Crippen molar-refractivity contribution < 1.29 is 18.4 Å². The number of carbonyl (C=O) groups is 2. The Hall–Kier alpha value is -3.48. The molecule has 7 heteroatoms. The summed E-state index contributed by atoms with van der Waals surface area (Å²) in [5.74, 6) is -0.618. The van der Waals surface area contributed by atoms with Crippen molar-refractivity contribution in [3.63, 3.8) is 0 Å². The van der Waals surface area contributed by atoms with Crippen molar-refractivity contribution in [1.82, 2.24) is 9.80 Å². The van der Waals surface area contributed by atoms with Crippen LogP contribution in [0.1, 0.15) is 45.2 Å². The minimum absolute atomic E-state index is 0.0112. The summed E-state index contributed by atoms with van der Waals surface area (Å²) in [6.07, 6.45) is 2.16. The van der Waals surface area contributed by atoms with Gasteiger partial charge in [0.1, 0.15) is 11.4 Å². The number of hydrogen-bond donors (Lipinski definition) is 0. The molecule has 0 bridgehead atoms. The maximum Gasteiger partial charge on any atom is 0.242 e. The molecule has 0 unspecified atom stereocenters. The molecule has 2 aromatic carbocycles.